The van der Waals surface area contributed by atoms with Gasteiger partial charge in [0.1, 0.15) is 5.01 Å². The lowest BCUT2D eigenvalue weighted by molar-refractivity contribution is 0.723. The molecule has 106 valence electrons. The van der Waals surface area contributed by atoms with Crippen molar-refractivity contribution in [3.63, 3.8) is 0 Å². The van der Waals surface area contributed by atoms with E-state index in [9.17, 15) is 0 Å². The van der Waals surface area contributed by atoms with Crippen molar-refractivity contribution in [3.8, 4) is 22.4 Å². The molecule has 3 aromatic rings. The SMILES string of the molecule is CCNCc1nc(-c2ccc(-c3ccccc3)cc2)cs1. The minimum atomic E-state index is 0.850. The van der Waals surface area contributed by atoms with Gasteiger partial charge in [-0.15, -0.1) is 11.3 Å². The monoisotopic (exact) mass is 294 g/mol. The number of hydrogen-bond donors (Lipinski definition) is 1. The Labute approximate surface area is 129 Å². The number of rotatable bonds is 5. The highest BCUT2D eigenvalue weighted by Crippen LogP contribution is 2.25. The van der Waals surface area contributed by atoms with Gasteiger partial charge in [-0.3, -0.25) is 0 Å². The van der Waals surface area contributed by atoms with Crippen LogP contribution in [0, 0.1) is 0 Å². The molecule has 2 aromatic carbocycles. The van der Waals surface area contributed by atoms with E-state index in [0.717, 1.165) is 23.8 Å². The molecule has 0 bridgehead atoms. The van der Waals surface area contributed by atoms with Gasteiger partial charge in [0.25, 0.3) is 0 Å². The maximum absolute atomic E-state index is 4.68. The van der Waals surface area contributed by atoms with Gasteiger partial charge in [0.15, 0.2) is 0 Å². The summed E-state index contributed by atoms with van der Waals surface area (Å²) in [6.07, 6.45) is 0. The van der Waals surface area contributed by atoms with Crippen LogP contribution in [0.3, 0.4) is 0 Å². The fourth-order valence-electron chi connectivity index (χ4n) is 2.22. The normalized spacial score (nSPS) is 10.7. The maximum atomic E-state index is 4.68. The minimum Gasteiger partial charge on any atom is -0.311 e. The van der Waals surface area contributed by atoms with Crippen LogP contribution in [-0.4, -0.2) is 11.5 Å². The van der Waals surface area contributed by atoms with Gasteiger partial charge in [0.05, 0.1) is 5.69 Å². The first-order chi connectivity index (χ1) is 10.4. The van der Waals surface area contributed by atoms with Crippen molar-refractivity contribution in [3.05, 3.63) is 65.0 Å². The third kappa shape index (κ3) is 3.38. The average molecular weight is 294 g/mol. The van der Waals surface area contributed by atoms with Crippen molar-refractivity contribution in [1.29, 1.82) is 0 Å². The smallest absolute Gasteiger partial charge is 0.107 e. The number of hydrogen-bond acceptors (Lipinski definition) is 3. The van der Waals surface area contributed by atoms with Crippen LogP contribution in [0.2, 0.25) is 0 Å². The van der Waals surface area contributed by atoms with Crippen LogP contribution in [0.1, 0.15) is 11.9 Å². The summed E-state index contributed by atoms with van der Waals surface area (Å²) in [6.45, 7) is 3.93. The lowest BCUT2D eigenvalue weighted by Gasteiger charge is -2.03. The summed E-state index contributed by atoms with van der Waals surface area (Å²) in [5.74, 6) is 0. The number of nitrogens with zero attached hydrogens (tertiary/aromatic N) is 1. The highest BCUT2D eigenvalue weighted by molar-refractivity contribution is 7.09. The molecule has 0 aliphatic carbocycles. The molecule has 0 amide bonds. The Morgan fingerprint density at radius 3 is 2.29 bits per heavy atom. The molecule has 0 aliphatic heterocycles. The number of thiazole rings is 1. The van der Waals surface area contributed by atoms with E-state index in [2.05, 4.69) is 71.1 Å². The Morgan fingerprint density at radius 1 is 0.905 bits per heavy atom. The first-order valence-corrected chi connectivity index (χ1v) is 8.06. The maximum Gasteiger partial charge on any atom is 0.107 e. The van der Waals surface area contributed by atoms with E-state index in [4.69, 9.17) is 0 Å². The molecule has 0 aliphatic rings. The molecule has 0 radical (unpaired) electrons. The summed E-state index contributed by atoms with van der Waals surface area (Å²) in [4.78, 5) is 4.68. The molecule has 1 N–H and O–H groups in total. The zero-order chi connectivity index (χ0) is 14.5. The summed E-state index contributed by atoms with van der Waals surface area (Å²) >= 11 is 1.71. The number of benzene rings is 2. The van der Waals surface area contributed by atoms with Gasteiger partial charge >= 0.3 is 0 Å². The standard InChI is InChI=1S/C18H18N2S/c1-2-19-12-18-20-17(13-21-18)16-10-8-15(9-11-16)14-6-4-3-5-7-14/h3-11,13,19H,2,12H2,1H3. The van der Waals surface area contributed by atoms with E-state index in [1.54, 1.807) is 11.3 Å². The van der Waals surface area contributed by atoms with Gasteiger partial charge in [-0.2, -0.15) is 0 Å². The zero-order valence-electron chi connectivity index (χ0n) is 12.0. The first-order valence-electron chi connectivity index (χ1n) is 7.18. The van der Waals surface area contributed by atoms with Crippen molar-refractivity contribution in [1.82, 2.24) is 10.3 Å². The Balaban J connectivity index is 1.79. The van der Waals surface area contributed by atoms with E-state index in [-0.39, 0.29) is 0 Å². The van der Waals surface area contributed by atoms with Gasteiger partial charge < -0.3 is 5.32 Å². The topological polar surface area (TPSA) is 24.9 Å². The number of nitrogens with one attached hydrogen (secondary N) is 1. The van der Waals surface area contributed by atoms with Gasteiger partial charge in [0, 0.05) is 17.5 Å². The molecule has 21 heavy (non-hydrogen) atoms. The predicted molar refractivity (Wildman–Crippen MR) is 90.4 cm³/mol. The Morgan fingerprint density at radius 2 is 1.57 bits per heavy atom. The fourth-order valence-corrected chi connectivity index (χ4v) is 2.99. The second-order valence-corrected chi connectivity index (χ2v) is 5.79. The molecule has 0 saturated heterocycles. The van der Waals surface area contributed by atoms with Crippen LogP contribution < -0.4 is 5.32 Å². The van der Waals surface area contributed by atoms with Crippen molar-refractivity contribution >= 4 is 11.3 Å². The van der Waals surface area contributed by atoms with E-state index < -0.39 is 0 Å². The molecule has 0 fully saturated rings. The third-order valence-corrected chi connectivity index (χ3v) is 4.21. The summed E-state index contributed by atoms with van der Waals surface area (Å²) in [5, 5.41) is 6.57. The van der Waals surface area contributed by atoms with Crippen LogP contribution in [0.25, 0.3) is 22.4 Å². The average Bonchev–Trinajstić information content (AvgIpc) is 3.03. The Bertz CT molecular complexity index is 687. The number of aromatic nitrogens is 1. The predicted octanol–water partition coefficient (Wildman–Crippen LogP) is 4.59. The molecule has 0 spiro atoms. The fraction of sp³-hybridized carbons (Fsp3) is 0.167. The molecule has 0 saturated carbocycles. The van der Waals surface area contributed by atoms with Crippen LogP contribution in [0.4, 0.5) is 0 Å². The van der Waals surface area contributed by atoms with Crippen molar-refractivity contribution in [2.24, 2.45) is 0 Å². The van der Waals surface area contributed by atoms with Crippen LogP contribution in [0.15, 0.2) is 60.0 Å². The lowest BCUT2D eigenvalue weighted by atomic mass is 10.0. The summed E-state index contributed by atoms with van der Waals surface area (Å²) < 4.78 is 0. The lowest BCUT2D eigenvalue weighted by Crippen LogP contribution is -2.11. The molecule has 0 atom stereocenters. The van der Waals surface area contributed by atoms with Gasteiger partial charge in [-0.25, -0.2) is 4.98 Å². The molecular weight excluding hydrogens is 276 g/mol. The van der Waals surface area contributed by atoms with Gasteiger partial charge in [-0.05, 0) is 17.7 Å². The van der Waals surface area contributed by atoms with E-state index in [1.165, 1.54) is 16.7 Å². The summed E-state index contributed by atoms with van der Waals surface area (Å²) in [7, 11) is 0. The Hall–Kier alpha value is -1.97. The Kier molecular flexibility index (Phi) is 4.43. The van der Waals surface area contributed by atoms with E-state index >= 15 is 0 Å². The van der Waals surface area contributed by atoms with Gasteiger partial charge in [-0.1, -0.05) is 61.5 Å². The molecule has 3 rings (SSSR count). The molecule has 3 heteroatoms. The highest BCUT2D eigenvalue weighted by atomic mass is 32.1. The van der Waals surface area contributed by atoms with Gasteiger partial charge in [0.2, 0.25) is 0 Å². The summed E-state index contributed by atoms with van der Waals surface area (Å²) in [5.41, 5.74) is 4.72. The summed E-state index contributed by atoms with van der Waals surface area (Å²) in [6, 6.07) is 19.1. The third-order valence-electron chi connectivity index (χ3n) is 3.37. The second-order valence-electron chi connectivity index (χ2n) is 4.85. The van der Waals surface area contributed by atoms with E-state index in [0.29, 0.717) is 0 Å². The zero-order valence-corrected chi connectivity index (χ0v) is 12.9. The van der Waals surface area contributed by atoms with Crippen LogP contribution >= 0.6 is 11.3 Å². The molecular formula is C18H18N2S. The van der Waals surface area contributed by atoms with Crippen molar-refractivity contribution in [2.75, 3.05) is 6.54 Å². The minimum absolute atomic E-state index is 0.850. The van der Waals surface area contributed by atoms with Crippen LogP contribution in [0.5, 0.6) is 0 Å². The van der Waals surface area contributed by atoms with Crippen molar-refractivity contribution in [2.45, 2.75) is 13.5 Å². The molecule has 1 aromatic heterocycles. The second kappa shape index (κ2) is 6.66. The molecule has 2 nitrogen and oxygen atoms in total. The van der Waals surface area contributed by atoms with E-state index in [1.807, 2.05) is 6.07 Å². The first kappa shape index (κ1) is 14.0. The van der Waals surface area contributed by atoms with Crippen LogP contribution in [-0.2, 0) is 6.54 Å². The molecule has 1 heterocycles. The highest BCUT2D eigenvalue weighted by Gasteiger charge is 2.05. The largest absolute Gasteiger partial charge is 0.311 e. The molecule has 0 unspecified atom stereocenters. The quantitative estimate of drug-likeness (QED) is 0.744. The van der Waals surface area contributed by atoms with Crippen molar-refractivity contribution < 1.29 is 0 Å².